The molecular formula is C30H36ClF2N5O6. The second-order valence-electron chi connectivity index (χ2n) is 11.1. The van der Waals surface area contributed by atoms with Gasteiger partial charge in [-0.25, -0.2) is 28.1 Å². The van der Waals surface area contributed by atoms with Gasteiger partial charge in [0, 0.05) is 38.5 Å². The number of carbonyl (C=O) groups excluding carboxylic acids is 3. The standard InChI is InChI=1S/C30H35F2N5O6.ClH/c1-42-17-23-25(27(38)43-2)26(18-6-7-21(31)22(32)15-18)37(29(40)35-23)28(39)34-19-10-14-36(16-19)20-8-11-30(41,12-9-20)24-5-3-4-13-33-24;/h3-7,13,15,19-20,26,41H,8-12,14,16-17H2,1-2H3,(H,34,39)(H,35,40);1H/t19-,20-,26+,30-;/m1./s1. The second kappa shape index (κ2) is 14.0. The largest absolute Gasteiger partial charge is 0.466 e. The van der Waals surface area contributed by atoms with Gasteiger partial charge in [-0.05, 0) is 61.9 Å². The van der Waals surface area contributed by atoms with Gasteiger partial charge in [0.05, 0.1) is 30.7 Å². The van der Waals surface area contributed by atoms with E-state index >= 15 is 0 Å². The third-order valence-electron chi connectivity index (χ3n) is 8.49. The van der Waals surface area contributed by atoms with Crippen LogP contribution in [0.2, 0.25) is 0 Å². The Morgan fingerprint density at radius 1 is 1.14 bits per heavy atom. The molecule has 1 aliphatic carbocycles. The lowest BCUT2D eigenvalue weighted by atomic mass is 9.79. The van der Waals surface area contributed by atoms with E-state index in [-0.39, 0.29) is 47.9 Å². The van der Waals surface area contributed by atoms with E-state index in [4.69, 9.17) is 9.47 Å². The molecule has 14 heteroatoms. The molecule has 44 heavy (non-hydrogen) atoms. The Morgan fingerprint density at radius 3 is 2.52 bits per heavy atom. The molecule has 238 valence electrons. The van der Waals surface area contributed by atoms with Crippen LogP contribution in [-0.4, -0.2) is 83.9 Å². The lowest BCUT2D eigenvalue weighted by molar-refractivity contribution is -0.137. The van der Waals surface area contributed by atoms with Crippen LogP contribution in [0.25, 0.3) is 0 Å². The number of esters is 1. The number of aromatic nitrogens is 1. The van der Waals surface area contributed by atoms with Gasteiger partial charge in [0.25, 0.3) is 0 Å². The molecule has 2 atom stereocenters. The molecule has 1 saturated carbocycles. The summed E-state index contributed by atoms with van der Waals surface area (Å²) in [6, 6.07) is 5.28. The van der Waals surface area contributed by atoms with Crippen molar-refractivity contribution in [1.29, 1.82) is 0 Å². The van der Waals surface area contributed by atoms with E-state index in [0.29, 0.717) is 38.0 Å². The summed E-state index contributed by atoms with van der Waals surface area (Å²) in [5.74, 6) is -3.18. The number of nitrogens with one attached hydrogen (secondary N) is 2. The average Bonchev–Trinajstić information content (AvgIpc) is 3.47. The number of aliphatic hydroxyl groups is 1. The minimum atomic E-state index is -1.40. The van der Waals surface area contributed by atoms with Crippen LogP contribution >= 0.6 is 12.4 Å². The molecule has 2 aromatic rings. The summed E-state index contributed by atoms with van der Waals surface area (Å²) in [7, 11) is 2.50. The van der Waals surface area contributed by atoms with E-state index in [2.05, 4.69) is 20.5 Å². The number of ether oxygens (including phenoxy) is 2. The number of hydrogen-bond acceptors (Lipinski definition) is 8. The topological polar surface area (TPSA) is 133 Å². The summed E-state index contributed by atoms with van der Waals surface area (Å²) in [4.78, 5) is 47.3. The maximum atomic E-state index is 14.3. The summed E-state index contributed by atoms with van der Waals surface area (Å²) >= 11 is 0. The maximum absolute atomic E-state index is 14.3. The van der Waals surface area contributed by atoms with Crippen LogP contribution in [0.4, 0.5) is 18.4 Å². The number of imide groups is 1. The van der Waals surface area contributed by atoms with Crippen molar-refractivity contribution < 1.29 is 37.7 Å². The van der Waals surface area contributed by atoms with E-state index in [9.17, 15) is 28.3 Å². The van der Waals surface area contributed by atoms with Gasteiger partial charge >= 0.3 is 18.0 Å². The van der Waals surface area contributed by atoms with Crippen LogP contribution in [0, 0.1) is 11.6 Å². The number of amides is 4. The number of halogens is 3. The summed E-state index contributed by atoms with van der Waals surface area (Å²) in [5, 5.41) is 16.6. The molecule has 5 rings (SSSR count). The molecule has 3 heterocycles. The third kappa shape index (κ3) is 6.70. The summed E-state index contributed by atoms with van der Waals surface area (Å²) < 4.78 is 38.2. The normalized spacial score (nSPS) is 25.7. The van der Waals surface area contributed by atoms with E-state index in [1.54, 1.807) is 6.20 Å². The molecular weight excluding hydrogens is 600 g/mol. The van der Waals surface area contributed by atoms with Crippen LogP contribution < -0.4 is 10.6 Å². The van der Waals surface area contributed by atoms with E-state index in [0.717, 1.165) is 37.0 Å². The number of hydrogen-bond donors (Lipinski definition) is 3. The average molecular weight is 636 g/mol. The van der Waals surface area contributed by atoms with E-state index in [1.165, 1.54) is 13.2 Å². The Kier molecular flexibility index (Phi) is 10.6. The predicted molar refractivity (Wildman–Crippen MR) is 157 cm³/mol. The fourth-order valence-corrected chi connectivity index (χ4v) is 6.30. The van der Waals surface area contributed by atoms with Gasteiger partial charge in [0.1, 0.15) is 11.6 Å². The smallest absolute Gasteiger partial charge is 0.338 e. The number of rotatable bonds is 7. The Labute approximate surface area is 260 Å². The van der Waals surface area contributed by atoms with Gasteiger partial charge in [-0.2, -0.15) is 0 Å². The highest BCUT2D eigenvalue weighted by molar-refractivity contribution is 6.01. The molecule has 1 saturated heterocycles. The van der Waals surface area contributed by atoms with Crippen LogP contribution in [0.15, 0.2) is 53.9 Å². The first-order valence-corrected chi connectivity index (χ1v) is 14.2. The van der Waals surface area contributed by atoms with Crippen LogP contribution in [0.1, 0.15) is 49.4 Å². The quantitative estimate of drug-likeness (QED) is 0.394. The highest BCUT2D eigenvalue weighted by Gasteiger charge is 2.45. The highest BCUT2D eigenvalue weighted by atomic mass is 35.5. The van der Waals surface area contributed by atoms with Crippen molar-refractivity contribution >= 4 is 30.4 Å². The zero-order valence-electron chi connectivity index (χ0n) is 24.4. The van der Waals surface area contributed by atoms with Crippen molar-refractivity contribution in [3.8, 4) is 0 Å². The predicted octanol–water partition coefficient (Wildman–Crippen LogP) is 3.54. The molecule has 0 radical (unpaired) electrons. The van der Waals surface area contributed by atoms with Crippen LogP contribution in [0.5, 0.6) is 0 Å². The summed E-state index contributed by atoms with van der Waals surface area (Å²) in [6.45, 7) is 1.04. The first kappa shape index (κ1) is 33.2. The van der Waals surface area contributed by atoms with Crippen molar-refractivity contribution in [2.45, 2.75) is 55.8 Å². The van der Waals surface area contributed by atoms with E-state index in [1.807, 2.05) is 18.2 Å². The van der Waals surface area contributed by atoms with Gasteiger partial charge in [0.2, 0.25) is 0 Å². The van der Waals surface area contributed by atoms with Crippen molar-refractivity contribution in [3.63, 3.8) is 0 Å². The molecule has 2 aliphatic heterocycles. The number of benzene rings is 1. The molecule has 11 nitrogen and oxygen atoms in total. The summed E-state index contributed by atoms with van der Waals surface area (Å²) in [5.41, 5.74) is -0.374. The Morgan fingerprint density at radius 2 is 1.89 bits per heavy atom. The lowest BCUT2D eigenvalue weighted by Gasteiger charge is -2.39. The molecule has 3 aliphatic rings. The Balaban J connectivity index is 0.00000442. The monoisotopic (exact) mass is 635 g/mol. The Bertz CT molecular complexity index is 1410. The number of nitrogens with zero attached hydrogens (tertiary/aromatic N) is 3. The van der Waals surface area contributed by atoms with Crippen LogP contribution in [-0.2, 0) is 19.9 Å². The number of carbonyl (C=O) groups is 3. The number of pyridine rings is 1. The van der Waals surface area contributed by atoms with Gasteiger partial charge in [-0.3, -0.25) is 9.88 Å². The Hall–Kier alpha value is -3.65. The minimum Gasteiger partial charge on any atom is -0.466 e. The zero-order chi connectivity index (χ0) is 30.7. The molecule has 1 aromatic heterocycles. The molecule has 0 spiro atoms. The molecule has 1 aromatic carbocycles. The fourth-order valence-electron chi connectivity index (χ4n) is 6.30. The highest BCUT2D eigenvalue weighted by Crippen LogP contribution is 2.39. The lowest BCUT2D eigenvalue weighted by Crippen LogP contribution is -2.57. The number of likely N-dealkylation sites (tertiary alicyclic amines) is 1. The van der Waals surface area contributed by atoms with Crippen molar-refractivity contribution in [3.05, 3.63) is 76.8 Å². The molecule has 2 fully saturated rings. The molecule has 0 bridgehead atoms. The first-order valence-electron chi connectivity index (χ1n) is 14.2. The summed E-state index contributed by atoms with van der Waals surface area (Å²) in [6.07, 6.45) is 4.95. The van der Waals surface area contributed by atoms with Gasteiger partial charge in [0.15, 0.2) is 11.6 Å². The third-order valence-corrected chi connectivity index (χ3v) is 8.49. The van der Waals surface area contributed by atoms with Gasteiger partial charge < -0.3 is 25.2 Å². The maximum Gasteiger partial charge on any atom is 0.338 e. The second-order valence-corrected chi connectivity index (χ2v) is 11.1. The SMILES string of the molecule is COCC1=C(C(=O)OC)[C@H](c2ccc(F)c(F)c2)N(C(=O)N[C@@H]2CCN([C@H]3CC[C@@](O)(c4ccccn4)CC3)C2)C(=O)N1.Cl. The minimum absolute atomic E-state index is 0. The van der Waals surface area contributed by atoms with Crippen molar-refractivity contribution in [1.82, 2.24) is 25.4 Å². The van der Waals surface area contributed by atoms with Gasteiger partial charge in [-0.15, -0.1) is 12.4 Å². The van der Waals surface area contributed by atoms with Crippen LogP contribution in [0.3, 0.4) is 0 Å². The number of urea groups is 2. The molecule has 4 amide bonds. The zero-order valence-corrected chi connectivity index (χ0v) is 25.2. The fraction of sp³-hybridized carbons (Fsp3) is 0.467. The van der Waals surface area contributed by atoms with Crippen molar-refractivity contribution in [2.24, 2.45) is 0 Å². The number of methoxy groups -OCH3 is 2. The molecule has 3 N–H and O–H groups in total. The van der Waals surface area contributed by atoms with Gasteiger partial charge in [-0.1, -0.05) is 12.1 Å². The molecule has 0 unspecified atom stereocenters. The van der Waals surface area contributed by atoms with E-state index < -0.39 is 41.3 Å². The van der Waals surface area contributed by atoms with Crippen molar-refractivity contribution in [2.75, 3.05) is 33.9 Å². The first-order chi connectivity index (χ1) is 20.6.